The number of aromatic nitrogens is 1. The maximum Gasteiger partial charge on any atom is 0.308 e. The van der Waals surface area contributed by atoms with E-state index >= 15 is 0 Å². The van der Waals surface area contributed by atoms with Gasteiger partial charge in [-0.05, 0) is 25.0 Å². The second-order valence-electron chi connectivity index (χ2n) is 5.61. The number of fused-ring (bicyclic) bond motifs is 1. The molecule has 0 aliphatic carbocycles. The summed E-state index contributed by atoms with van der Waals surface area (Å²) in [6, 6.07) is 3.38. The van der Waals surface area contributed by atoms with Gasteiger partial charge in [-0.15, -0.1) is 0 Å². The molecule has 2 aliphatic heterocycles. The van der Waals surface area contributed by atoms with Gasteiger partial charge in [-0.2, -0.15) is 0 Å². The van der Waals surface area contributed by atoms with Gasteiger partial charge in [-0.25, -0.2) is 4.98 Å². The van der Waals surface area contributed by atoms with Crippen molar-refractivity contribution in [2.45, 2.75) is 12.8 Å². The highest BCUT2D eigenvalue weighted by Gasteiger charge is 2.32. The van der Waals surface area contributed by atoms with Gasteiger partial charge in [-0.3, -0.25) is 19.3 Å². The molecule has 1 saturated heterocycles. The molecular formula is C15H17N3O5. The van der Waals surface area contributed by atoms with E-state index in [9.17, 15) is 14.4 Å². The molecule has 0 aromatic carbocycles. The number of carbonyl (C=O) groups excluding carboxylic acids is 2. The second kappa shape index (κ2) is 6.23. The number of rotatable bonds is 3. The summed E-state index contributed by atoms with van der Waals surface area (Å²) in [5.41, 5.74) is 0. The number of nitrogens with zero attached hydrogens (tertiary/aromatic N) is 3. The number of carboxylic acids is 1. The van der Waals surface area contributed by atoms with E-state index < -0.39 is 11.9 Å². The van der Waals surface area contributed by atoms with Crippen molar-refractivity contribution in [2.24, 2.45) is 5.92 Å². The highest BCUT2D eigenvalue weighted by molar-refractivity contribution is 6.01. The van der Waals surface area contributed by atoms with Crippen LogP contribution in [0.5, 0.6) is 5.75 Å². The van der Waals surface area contributed by atoms with E-state index in [1.54, 1.807) is 12.1 Å². The fourth-order valence-electron chi connectivity index (χ4n) is 2.84. The van der Waals surface area contributed by atoms with Crippen molar-refractivity contribution in [2.75, 3.05) is 31.1 Å². The zero-order valence-electron chi connectivity index (χ0n) is 12.5. The zero-order chi connectivity index (χ0) is 16.4. The summed E-state index contributed by atoms with van der Waals surface area (Å²) in [4.78, 5) is 42.5. The minimum absolute atomic E-state index is 0.135. The minimum atomic E-state index is -0.892. The molecule has 1 unspecified atom stereocenters. The Bertz CT molecular complexity index is 648. The molecule has 8 nitrogen and oxygen atoms in total. The molecule has 3 rings (SSSR count). The first-order valence-corrected chi connectivity index (χ1v) is 7.45. The first kappa shape index (κ1) is 15.3. The van der Waals surface area contributed by atoms with Gasteiger partial charge in [0.25, 0.3) is 5.91 Å². The van der Waals surface area contributed by atoms with Gasteiger partial charge in [-0.1, -0.05) is 0 Å². The summed E-state index contributed by atoms with van der Waals surface area (Å²) in [6.07, 6.45) is 2.74. The average molecular weight is 319 g/mol. The van der Waals surface area contributed by atoms with Crippen molar-refractivity contribution in [3.05, 3.63) is 18.3 Å². The molecular weight excluding hydrogens is 302 g/mol. The van der Waals surface area contributed by atoms with Crippen LogP contribution in [0.15, 0.2) is 18.3 Å². The number of likely N-dealkylation sites (tertiary alicyclic amines) is 1. The molecule has 1 N–H and O–H groups in total. The van der Waals surface area contributed by atoms with E-state index in [-0.39, 0.29) is 31.5 Å². The third kappa shape index (κ3) is 3.10. The lowest BCUT2D eigenvalue weighted by Gasteiger charge is -2.33. The standard InChI is InChI=1S/C15H17N3O5/c19-12(17-6-2-3-10(7-17)15(21)22)8-18-13(20)9-23-11-4-1-5-16-14(11)18/h1,4-5,10H,2-3,6-9H2,(H,21,22). The molecule has 1 atom stereocenters. The van der Waals surface area contributed by atoms with Crippen LogP contribution in [0.25, 0.3) is 0 Å². The number of carboxylic acid groups (broad SMARTS) is 1. The first-order valence-electron chi connectivity index (χ1n) is 7.45. The predicted octanol–water partition coefficient (Wildman–Crippen LogP) is 0.130. The van der Waals surface area contributed by atoms with Gasteiger partial charge in [0.15, 0.2) is 18.2 Å². The number of anilines is 1. The van der Waals surface area contributed by atoms with Crippen LogP contribution in [-0.2, 0) is 14.4 Å². The fraction of sp³-hybridized carbons (Fsp3) is 0.467. The third-order valence-corrected chi connectivity index (χ3v) is 4.08. The Kier molecular flexibility index (Phi) is 4.14. The Hall–Kier alpha value is -2.64. The van der Waals surface area contributed by atoms with E-state index in [4.69, 9.17) is 9.84 Å². The lowest BCUT2D eigenvalue weighted by Crippen LogP contribution is -2.49. The lowest BCUT2D eigenvalue weighted by atomic mass is 9.98. The number of hydrogen-bond acceptors (Lipinski definition) is 5. The molecule has 0 radical (unpaired) electrons. The van der Waals surface area contributed by atoms with Crippen molar-refractivity contribution < 1.29 is 24.2 Å². The van der Waals surface area contributed by atoms with Crippen molar-refractivity contribution in [3.63, 3.8) is 0 Å². The smallest absolute Gasteiger partial charge is 0.308 e. The summed E-state index contributed by atoms with van der Waals surface area (Å²) in [5.74, 6) is -1.26. The maximum atomic E-state index is 12.5. The fourth-order valence-corrected chi connectivity index (χ4v) is 2.84. The molecule has 8 heteroatoms. The summed E-state index contributed by atoms with van der Waals surface area (Å²) in [5, 5.41) is 9.10. The Labute approximate surface area is 132 Å². The van der Waals surface area contributed by atoms with E-state index in [0.29, 0.717) is 31.0 Å². The molecule has 23 heavy (non-hydrogen) atoms. The summed E-state index contributed by atoms with van der Waals surface area (Å²) < 4.78 is 5.29. The minimum Gasteiger partial charge on any atom is -0.481 e. The molecule has 0 bridgehead atoms. The normalized spacial score (nSPS) is 20.7. The van der Waals surface area contributed by atoms with E-state index in [1.807, 2.05) is 0 Å². The lowest BCUT2D eigenvalue weighted by molar-refractivity contribution is -0.145. The Morgan fingerprint density at radius 3 is 3.04 bits per heavy atom. The molecule has 2 amide bonds. The van der Waals surface area contributed by atoms with Gasteiger partial charge in [0.1, 0.15) is 6.54 Å². The Balaban J connectivity index is 1.72. The van der Waals surface area contributed by atoms with Crippen molar-refractivity contribution in [1.29, 1.82) is 0 Å². The third-order valence-electron chi connectivity index (χ3n) is 4.08. The van der Waals surface area contributed by atoms with Crippen LogP contribution in [0.2, 0.25) is 0 Å². The van der Waals surface area contributed by atoms with Gasteiger partial charge in [0.05, 0.1) is 5.92 Å². The summed E-state index contributed by atoms with van der Waals surface area (Å²) in [7, 11) is 0. The largest absolute Gasteiger partial charge is 0.481 e. The SMILES string of the molecule is O=C(O)C1CCCN(C(=O)CN2C(=O)COc3cccnc32)C1. The number of hydrogen-bond donors (Lipinski definition) is 1. The van der Waals surface area contributed by atoms with Crippen LogP contribution in [-0.4, -0.2) is 59.0 Å². The highest BCUT2D eigenvalue weighted by atomic mass is 16.5. The molecule has 1 fully saturated rings. The quantitative estimate of drug-likeness (QED) is 0.850. The number of amides is 2. The van der Waals surface area contributed by atoms with Gasteiger partial charge in [0, 0.05) is 19.3 Å². The van der Waals surface area contributed by atoms with Crippen LogP contribution in [0.1, 0.15) is 12.8 Å². The Morgan fingerprint density at radius 2 is 2.26 bits per heavy atom. The van der Waals surface area contributed by atoms with Crippen LogP contribution in [0, 0.1) is 5.92 Å². The highest BCUT2D eigenvalue weighted by Crippen LogP contribution is 2.29. The number of ether oxygens (including phenoxy) is 1. The first-order chi connectivity index (χ1) is 11.1. The summed E-state index contributed by atoms with van der Waals surface area (Å²) >= 11 is 0. The second-order valence-corrected chi connectivity index (χ2v) is 5.61. The maximum absolute atomic E-state index is 12.5. The van der Waals surface area contributed by atoms with Crippen LogP contribution >= 0.6 is 0 Å². The van der Waals surface area contributed by atoms with E-state index in [2.05, 4.69) is 4.98 Å². The van der Waals surface area contributed by atoms with Gasteiger partial charge >= 0.3 is 5.97 Å². The van der Waals surface area contributed by atoms with Crippen LogP contribution in [0.3, 0.4) is 0 Å². The van der Waals surface area contributed by atoms with Crippen LogP contribution in [0.4, 0.5) is 5.82 Å². The average Bonchev–Trinajstić information content (AvgIpc) is 2.57. The topological polar surface area (TPSA) is 100 Å². The predicted molar refractivity (Wildman–Crippen MR) is 79.0 cm³/mol. The van der Waals surface area contributed by atoms with E-state index in [1.165, 1.54) is 16.0 Å². The van der Waals surface area contributed by atoms with Crippen molar-refractivity contribution in [1.82, 2.24) is 9.88 Å². The van der Waals surface area contributed by atoms with Crippen LogP contribution < -0.4 is 9.64 Å². The molecule has 3 heterocycles. The molecule has 1 aromatic heterocycles. The number of piperidine rings is 1. The number of aliphatic carboxylic acids is 1. The number of carbonyl (C=O) groups is 3. The molecule has 0 spiro atoms. The van der Waals surface area contributed by atoms with Crippen molar-refractivity contribution >= 4 is 23.6 Å². The Morgan fingerprint density at radius 1 is 1.43 bits per heavy atom. The van der Waals surface area contributed by atoms with Gasteiger partial charge < -0.3 is 14.7 Å². The molecule has 0 saturated carbocycles. The number of pyridine rings is 1. The van der Waals surface area contributed by atoms with Crippen molar-refractivity contribution in [3.8, 4) is 5.75 Å². The molecule has 122 valence electrons. The van der Waals surface area contributed by atoms with Gasteiger partial charge in [0.2, 0.25) is 5.91 Å². The van der Waals surface area contributed by atoms with E-state index in [0.717, 1.165) is 0 Å². The molecule has 2 aliphatic rings. The zero-order valence-corrected chi connectivity index (χ0v) is 12.5. The molecule has 1 aromatic rings. The summed E-state index contributed by atoms with van der Waals surface area (Å²) in [6.45, 7) is 0.403. The monoisotopic (exact) mass is 319 g/mol.